The van der Waals surface area contributed by atoms with E-state index in [1.807, 2.05) is 67.3 Å². The van der Waals surface area contributed by atoms with Crippen molar-refractivity contribution in [2.75, 3.05) is 18.0 Å². The molecule has 2 heterocycles. The molecule has 4 rings (SSSR count). The van der Waals surface area contributed by atoms with Crippen molar-refractivity contribution in [2.24, 2.45) is 0 Å². The first-order valence-electron chi connectivity index (χ1n) is 9.20. The average Bonchev–Trinajstić information content (AvgIpc) is 2.93. The lowest BCUT2D eigenvalue weighted by Crippen LogP contribution is -2.47. The summed E-state index contributed by atoms with van der Waals surface area (Å²) < 4.78 is 5.82. The van der Waals surface area contributed by atoms with Crippen LogP contribution < -0.4 is 4.90 Å². The van der Waals surface area contributed by atoms with Crippen molar-refractivity contribution in [3.63, 3.8) is 0 Å². The normalized spacial score (nSPS) is 23.3. The van der Waals surface area contributed by atoms with E-state index in [-0.39, 0.29) is 24.0 Å². The quantitative estimate of drug-likeness (QED) is 0.788. The fraction of sp³-hybridized carbons (Fsp3) is 0.273. The summed E-state index contributed by atoms with van der Waals surface area (Å²) in [5, 5.41) is 0. The van der Waals surface area contributed by atoms with Gasteiger partial charge in [0.25, 0.3) is 11.8 Å². The summed E-state index contributed by atoms with van der Waals surface area (Å²) in [6.45, 7) is 5.14. The minimum Gasteiger partial charge on any atom is -0.372 e. The molecule has 2 unspecified atom stereocenters. The molecule has 138 valence electrons. The van der Waals surface area contributed by atoms with Crippen LogP contribution in [-0.4, -0.2) is 42.0 Å². The highest BCUT2D eigenvalue weighted by molar-refractivity contribution is 6.45. The first-order valence-corrected chi connectivity index (χ1v) is 9.20. The van der Waals surface area contributed by atoms with Gasteiger partial charge in [-0.1, -0.05) is 48.5 Å². The number of imide groups is 1. The smallest absolute Gasteiger partial charge is 0.282 e. The highest BCUT2D eigenvalue weighted by Crippen LogP contribution is 2.35. The van der Waals surface area contributed by atoms with Gasteiger partial charge in [0.05, 0.1) is 23.5 Å². The Bertz CT molecular complexity index is 882. The van der Waals surface area contributed by atoms with Gasteiger partial charge in [-0.25, -0.2) is 4.90 Å². The number of para-hydroxylation sites is 1. The molecule has 27 heavy (non-hydrogen) atoms. The lowest BCUT2D eigenvalue weighted by molar-refractivity contribution is -0.121. The number of anilines is 1. The van der Waals surface area contributed by atoms with Gasteiger partial charge in [-0.3, -0.25) is 9.59 Å². The van der Waals surface area contributed by atoms with E-state index >= 15 is 0 Å². The van der Waals surface area contributed by atoms with E-state index in [1.54, 1.807) is 12.1 Å². The molecule has 2 aromatic rings. The molecule has 0 N–H and O–H groups in total. The summed E-state index contributed by atoms with van der Waals surface area (Å²) in [5.74, 6) is -0.550. The van der Waals surface area contributed by atoms with Crippen LogP contribution in [-0.2, 0) is 14.3 Å². The lowest BCUT2D eigenvalue weighted by Gasteiger charge is -2.37. The number of nitrogens with zero attached hydrogens (tertiary/aromatic N) is 2. The van der Waals surface area contributed by atoms with Crippen molar-refractivity contribution in [3.05, 3.63) is 71.9 Å². The predicted octanol–water partition coefficient (Wildman–Crippen LogP) is 3.08. The van der Waals surface area contributed by atoms with Crippen LogP contribution in [0.5, 0.6) is 0 Å². The Labute approximate surface area is 158 Å². The second-order valence-corrected chi connectivity index (χ2v) is 7.03. The van der Waals surface area contributed by atoms with Crippen molar-refractivity contribution in [3.8, 4) is 0 Å². The molecule has 0 aliphatic carbocycles. The van der Waals surface area contributed by atoms with E-state index in [9.17, 15) is 9.59 Å². The number of amides is 2. The van der Waals surface area contributed by atoms with Gasteiger partial charge in [-0.15, -0.1) is 0 Å². The zero-order valence-corrected chi connectivity index (χ0v) is 15.5. The molecule has 5 heteroatoms. The van der Waals surface area contributed by atoms with Crippen molar-refractivity contribution in [1.82, 2.24) is 4.90 Å². The van der Waals surface area contributed by atoms with E-state index in [2.05, 4.69) is 0 Å². The third-order valence-electron chi connectivity index (χ3n) is 4.87. The molecule has 1 fully saturated rings. The van der Waals surface area contributed by atoms with Gasteiger partial charge in [-0.2, -0.15) is 0 Å². The number of carbonyl (C=O) groups excluding carboxylic acids is 2. The largest absolute Gasteiger partial charge is 0.372 e. The number of benzene rings is 2. The molecule has 0 radical (unpaired) electrons. The SMILES string of the molecule is CC1CN(C2=C(c3ccccc3)C(=O)N(c3ccccc3)C2=O)CC(C)O1. The minimum atomic E-state index is -0.279. The maximum Gasteiger partial charge on any atom is 0.282 e. The van der Waals surface area contributed by atoms with Crippen molar-refractivity contribution in [1.29, 1.82) is 0 Å². The van der Waals surface area contributed by atoms with Crippen molar-refractivity contribution in [2.45, 2.75) is 26.1 Å². The number of ether oxygens (including phenoxy) is 1. The Morgan fingerprint density at radius 3 is 1.96 bits per heavy atom. The van der Waals surface area contributed by atoms with Crippen LogP contribution in [0.4, 0.5) is 5.69 Å². The van der Waals surface area contributed by atoms with E-state index in [4.69, 9.17) is 4.74 Å². The molecule has 1 saturated heterocycles. The summed E-state index contributed by atoms with van der Waals surface area (Å²) in [5.41, 5.74) is 2.28. The Kier molecular flexibility index (Phi) is 4.54. The molecule has 0 saturated carbocycles. The highest BCUT2D eigenvalue weighted by atomic mass is 16.5. The molecule has 0 aromatic heterocycles. The Morgan fingerprint density at radius 1 is 0.815 bits per heavy atom. The number of hydrogen-bond donors (Lipinski definition) is 0. The van der Waals surface area contributed by atoms with Gasteiger partial charge in [0.2, 0.25) is 0 Å². The molecule has 0 spiro atoms. The first-order chi connectivity index (χ1) is 13.1. The van der Waals surface area contributed by atoms with Gasteiger partial charge in [0, 0.05) is 13.1 Å². The fourth-order valence-corrected chi connectivity index (χ4v) is 3.85. The summed E-state index contributed by atoms with van der Waals surface area (Å²) in [6.07, 6.45) is -0.0149. The average molecular weight is 362 g/mol. The molecule has 5 nitrogen and oxygen atoms in total. The molecule has 2 aromatic carbocycles. The van der Waals surface area contributed by atoms with Gasteiger partial charge in [0.1, 0.15) is 5.70 Å². The summed E-state index contributed by atoms with van der Waals surface area (Å²) >= 11 is 0. The van der Waals surface area contributed by atoms with Gasteiger partial charge in [-0.05, 0) is 31.5 Å². The number of morpholine rings is 1. The Balaban J connectivity index is 1.83. The summed E-state index contributed by atoms with van der Waals surface area (Å²) in [6, 6.07) is 18.5. The topological polar surface area (TPSA) is 49.9 Å². The second-order valence-electron chi connectivity index (χ2n) is 7.03. The van der Waals surface area contributed by atoms with E-state index in [1.165, 1.54) is 4.90 Å². The predicted molar refractivity (Wildman–Crippen MR) is 104 cm³/mol. The molecule has 2 aliphatic heterocycles. The van der Waals surface area contributed by atoms with E-state index < -0.39 is 0 Å². The molecular formula is C22H22N2O3. The minimum absolute atomic E-state index is 0.00745. The maximum atomic E-state index is 13.4. The molecular weight excluding hydrogens is 340 g/mol. The number of hydrogen-bond acceptors (Lipinski definition) is 4. The zero-order valence-electron chi connectivity index (χ0n) is 15.5. The van der Waals surface area contributed by atoms with Crippen LogP contribution in [0, 0.1) is 0 Å². The van der Waals surface area contributed by atoms with Crippen LogP contribution in [0.25, 0.3) is 5.57 Å². The monoisotopic (exact) mass is 362 g/mol. The third kappa shape index (κ3) is 3.15. The lowest BCUT2D eigenvalue weighted by atomic mass is 10.0. The highest BCUT2D eigenvalue weighted by Gasteiger charge is 2.43. The second kappa shape index (κ2) is 7.00. The number of carbonyl (C=O) groups is 2. The third-order valence-corrected chi connectivity index (χ3v) is 4.87. The standard InChI is InChI=1S/C22H22N2O3/c1-15-13-23(14-16(2)27-15)20-19(17-9-5-3-6-10-17)21(25)24(22(20)26)18-11-7-4-8-12-18/h3-12,15-16H,13-14H2,1-2H3. The number of rotatable bonds is 3. The van der Waals surface area contributed by atoms with Gasteiger partial charge in [0.15, 0.2) is 0 Å². The van der Waals surface area contributed by atoms with Crippen molar-refractivity contribution >= 4 is 23.1 Å². The van der Waals surface area contributed by atoms with Crippen LogP contribution in [0.2, 0.25) is 0 Å². The summed E-state index contributed by atoms with van der Waals surface area (Å²) in [4.78, 5) is 30.0. The van der Waals surface area contributed by atoms with E-state index in [0.29, 0.717) is 30.0 Å². The van der Waals surface area contributed by atoms with Crippen LogP contribution >= 0.6 is 0 Å². The van der Waals surface area contributed by atoms with Crippen molar-refractivity contribution < 1.29 is 14.3 Å². The Morgan fingerprint density at radius 2 is 1.37 bits per heavy atom. The molecule has 2 aliphatic rings. The Hall–Kier alpha value is -2.92. The molecule has 0 bridgehead atoms. The molecule has 2 amide bonds. The first kappa shape index (κ1) is 17.5. The zero-order chi connectivity index (χ0) is 19.0. The van der Waals surface area contributed by atoms with Gasteiger partial charge < -0.3 is 9.64 Å². The van der Waals surface area contributed by atoms with Crippen LogP contribution in [0.15, 0.2) is 66.4 Å². The van der Waals surface area contributed by atoms with Crippen LogP contribution in [0.3, 0.4) is 0 Å². The maximum absolute atomic E-state index is 13.4. The summed E-state index contributed by atoms with van der Waals surface area (Å²) in [7, 11) is 0. The molecule has 2 atom stereocenters. The van der Waals surface area contributed by atoms with Gasteiger partial charge >= 0.3 is 0 Å². The van der Waals surface area contributed by atoms with E-state index in [0.717, 1.165) is 5.56 Å². The fourth-order valence-electron chi connectivity index (χ4n) is 3.85. The van der Waals surface area contributed by atoms with Crippen LogP contribution in [0.1, 0.15) is 19.4 Å².